The lowest BCUT2D eigenvalue weighted by molar-refractivity contribution is 0.212. The molecule has 2 aromatic heterocycles. The second kappa shape index (κ2) is 9.41. The second-order valence-electron chi connectivity index (χ2n) is 6.21. The molecule has 7 nitrogen and oxygen atoms in total. The van der Waals surface area contributed by atoms with Gasteiger partial charge in [-0.3, -0.25) is 4.90 Å². The number of nitrogens with one attached hydrogen (secondary N) is 1. The molecule has 1 saturated heterocycles. The average molecular weight is 372 g/mol. The quantitative estimate of drug-likeness (QED) is 0.763. The SMILES string of the molecule is CCCn1nnnc1CN(Cc1scnc1C)CC1CCNC1.Cl. The van der Waals surface area contributed by atoms with Crippen LogP contribution in [0.15, 0.2) is 5.51 Å². The molecule has 0 amide bonds. The van der Waals surface area contributed by atoms with Gasteiger partial charge in [-0.25, -0.2) is 9.67 Å². The van der Waals surface area contributed by atoms with E-state index in [-0.39, 0.29) is 12.4 Å². The maximum atomic E-state index is 4.38. The van der Waals surface area contributed by atoms with Gasteiger partial charge in [0.25, 0.3) is 0 Å². The first-order valence-corrected chi connectivity index (χ1v) is 9.21. The van der Waals surface area contributed by atoms with Crippen molar-refractivity contribution in [3.8, 4) is 0 Å². The maximum absolute atomic E-state index is 4.38. The average Bonchev–Trinajstić information content (AvgIpc) is 3.26. The van der Waals surface area contributed by atoms with Gasteiger partial charge in [0.1, 0.15) is 0 Å². The highest BCUT2D eigenvalue weighted by molar-refractivity contribution is 7.09. The van der Waals surface area contributed by atoms with Crippen molar-refractivity contribution >= 4 is 23.7 Å². The van der Waals surface area contributed by atoms with Crippen molar-refractivity contribution < 1.29 is 0 Å². The van der Waals surface area contributed by atoms with E-state index in [1.54, 1.807) is 11.3 Å². The molecule has 0 saturated carbocycles. The molecule has 0 bridgehead atoms. The molecule has 2 aromatic rings. The van der Waals surface area contributed by atoms with E-state index in [0.717, 1.165) is 57.2 Å². The molecule has 1 unspecified atom stereocenters. The summed E-state index contributed by atoms with van der Waals surface area (Å²) in [6, 6.07) is 0. The van der Waals surface area contributed by atoms with Gasteiger partial charge in [0.2, 0.25) is 0 Å². The summed E-state index contributed by atoms with van der Waals surface area (Å²) in [5.74, 6) is 1.67. The first kappa shape index (κ1) is 19.2. The van der Waals surface area contributed by atoms with E-state index in [1.165, 1.54) is 11.3 Å². The predicted octanol–water partition coefficient (Wildman–Crippen LogP) is 1.88. The van der Waals surface area contributed by atoms with Crippen molar-refractivity contribution in [1.29, 1.82) is 0 Å². The molecule has 134 valence electrons. The van der Waals surface area contributed by atoms with Crippen LogP contribution in [0.1, 0.15) is 36.2 Å². The fourth-order valence-electron chi connectivity index (χ4n) is 3.02. The first-order chi connectivity index (χ1) is 11.3. The summed E-state index contributed by atoms with van der Waals surface area (Å²) in [7, 11) is 0. The van der Waals surface area contributed by atoms with Crippen LogP contribution in [-0.4, -0.2) is 49.7 Å². The summed E-state index contributed by atoms with van der Waals surface area (Å²) < 4.78 is 1.93. The molecule has 9 heteroatoms. The Morgan fingerprint density at radius 1 is 1.42 bits per heavy atom. The van der Waals surface area contributed by atoms with Gasteiger partial charge in [-0.1, -0.05) is 6.92 Å². The van der Waals surface area contributed by atoms with Crippen LogP contribution in [0.3, 0.4) is 0 Å². The normalized spacial score (nSPS) is 17.4. The first-order valence-electron chi connectivity index (χ1n) is 8.33. The second-order valence-corrected chi connectivity index (χ2v) is 7.15. The Morgan fingerprint density at radius 2 is 2.29 bits per heavy atom. The molecule has 1 aliphatic heterocycles. The number of aryl methyl sites for hydroxylation is 2. The summed E-state index contributed by atoms with van der Waals surface area (Å²) in [6.07, 6.45) is 2.29. The largest absolute Gasteiger partial charge is 0.316 e. The molecule has 1 fully saturated rings. The summed E-state index contributed by atoms with van der Waals surface area (Å²) in [4.78, 5) is 8.19. The Hall–Kier alpha value is -1.09. The fourth-order valence-corrected chi connectivity index (χ4v) is 3.84. The molecule has 3 rings (SSSR count). The van der Waals surface area contributed by atoms with Crippen LogP contribution in [0.2, 0.25) is 0 Å². The van der Waals surface area contributed by atoms with Crippen molar-refractivity contribution in [2.45, 2.75) is 46.3 Å². The topological polar surface area (TPSA) is 71.8 Å². The molecule has 1 aliphatic rings. The summed E-state index contributed by atoms with van der Waals surface area (Å²) in [6.45, 7) is 10.1. The van der Waals surface area contributed by atoms with Gasteiger partial charge >= 0.3 is 0 Å². The molecule has 3 heterocycles. The van der Waals surface area contributed by atoms with Gasteiger partial charge in [-0.05, 0) is 49.2 Å². The lowest BCUT2D eigenvalue weighted by atomic mass is 10.1. The highest BCUT2D eigenvalue weighted by Crippen LogP contribution is 2.19. The number of thiazole rings is 1. The highest BCUT2D eigenvalue weighted by Gasteiger charge is 2.21. The summed E-state index contributed by atoms with van der Waals surface area (Å²) >= 11 is 1.74. The molecule has 0 aromatic carbocycles. The summed E-state index contributed by atoms with van der Waals surface area (Å²) in [5.41, 5.74) is 3.07. The van der Waals surface area contributed by atoms with Crippen LogP contribution >= 0.6 is 23.7 Å². The van der Waals surface area contributed by atoms with E-state index < -0.39 is 0 Å². The third-order valence-corrected chi connectivity index (χ3v) is 5.22. The maximum Gasteiger partial charge on any atom is 0.165 e. The number of tetrazole rings is 1. The zero-order valence-corrected chi connectivity index (χ0v) is 15.9. The van der Waals surface area contributed by atoms with Gasteiger partial charge in [0, 0.05) is 24.5 Å². The van der Waals surface area contributed by atoms with Gasteiger partial charge in [-0.15, -0.1) is 28.8 Å². The molecule has 0 radical (unpaired) electrons. The van der Waals surface area contributed by atoms with Gasteiger partial charge < -0.3 is 5.32 Å². The van der Waals surface area contributed by atoms with Gasteiger partial charge in [-0.2, -0.15) is 0 Å². The monoisotopic (exact) mass is 371 g/mol. The van der Waals surface area contributed by atoms with Crippen molar-refractivity contribution in [2.24, 2.45) is 5.92 Å². The van der Waals surface area contributed by atoms with Crippen LogP contribution < -0.4 is 5.32 Å². The van der Waals surface area contributed by atoms with E-state index >= 15 is 0 Å². The molecule has 0 spiro atoms. The van der Waals surface area contributed by atoms with E-state index in [9.17, 15) is 0 Å². The minimum absolute atomic E-state index is 0. The lowest BCUT2D eigenvalue weighted by Crippen LogP contribution is -2.31. The number of rotatable bonds is 8. The number of hydrogen-bond acceptors (Lipinski definition) is 7. The van der Waals surface area contributed by atoms with E-state index in [0.29, 0.717) is 5.92 Å². The highest BCUT2D eigenvalue weighted by atomic mass is 35.5. The van der Waals surface area contributed by atoms with Crippen molar-refractivity contribution in [3.05, 3.63) is 21.9 Å². The van der Waals surface area contributed by atoms with Crippen LogP contribution in [0.4, 0.5) is 0 Å². The Bertz CT molecular complexity index is 608. The van der Waals surface area contributed by atoms with Crippen LogP contribution in [0.25, 0.3) is 0 Å². The molecular formula is C15H26ClN7S. The summed E-state index contributed by atoms with van der Waals surface area (Å²) in [5, 5.41) is 15.7. The van der Waals surface area contributed by atoms with Crippen molar-refractivity contribution in [1.82, 2.24) is 35.4 Å². The zero-order chi connectivity index (χ0) is 16.1. The van der Waals surface area contributed by atoms with E-state index in [4.69, 9.17) is 0 Å². The van der Waals surface area contributed by atoms with E-state index in [2.05, 4.69) is 44.6 Å². The lowest BCUT2D eigenvalue weighted by Gasteiger charge is -2.24. The van der Waals surface area contributed by atoms with Crippen LogP contribution in [0.5, 0.6) is 0 Å². The molecule has 0 aliphatic carbocycles. The Balaban J connectivity index is 0.00000208. The van der Waals surface area contributed by atoms with Gasteiger partial charge in [0.05, 0.1) is 17.7 Å². The minimum atomic E-state index is 0. The number of aromatic nitrogens is 5. The minimum Gasteiger partial charge on any atom is -0.316 e. The van der Waals surface area contributed by atoms with Crippen LogP contribution in [-0.2, 0) is 19.6 Å². The van der Waals surface area contributed by atoms with Gasteiger partial charge in [0.15, 0.2) is 5.82 Å². The molecule has 24 heavy (non-hydrogen) atoms. The number of nitrogens with zero attached hydrogens (tertiary/aromatic N) is 6. The Kier molecular flexibility index (Phi) is 7.54. The Labute approximate surface area is 153 Å². The third kappa shape index (κ3) is 4.95. The predicted molar refractivity (Wildman–Crippen MR) is 97.3 cm³/mol. The van der Waals surface area contributed by atoms with Crippen LogP contribution in [0, 0.1) is 12.8 Å². The van der Waals surface area contributed by atoms with Crippen molar-refractivity contribution in [3.63, 3.8) is 0 Å². The fraction of sp³-hybridized carbons (Fsp3) is 0.733. The molecular weight excluding hydrogens is 346 g/mol. The molecule has 1 N–H and O–H groups in total. The number of halogens is 1. The number of hydrogen-bond donors (Lipinski definition) is 1. The zero-order valence-electron chi connectivity index (χ0n) is 14.3. The standard InChI is InChI=1S/C15H25N7S.ClH/c1-3-6-22-15(18-19-20-22)10-21(8-13-4-5-16-7-13)9-14-12(2)17-11-23-14;/h11,13,16H,3-10H2,1-2H3;1H. The smallest absolute Gasteiger partial charge is 0.165 e. The van der Waals surface area contributed by atoms with Crippen molar-refractivity contribution in [2.75, 3.05) is 19.6 Å². The third-order valence-electron chi connectivity index (χ3n) is 4.30. The Morgan fingerprint density at radius 3 is 2.96 bits per heavy atom. The molecule has 1 atom stereocenters. The van der Waals surface area contributed by atoms with E-state index in [1.807, 2.05) is 10.2 Å².